The lowest BCUT2D eigenvalue weighted by atomic mass is 10.0. The first-order valence-electron chi connectivity index (χ1n) is 11.6. The maximum Gasteiger partial charge on any atom is 0.326 e. The molecule has 2 saturated heterocycles. The van der Waals surface area contributed by atoms with Gasteiger partial charge in [0.25, 0.3) is 0 Å². The molecule has 0 aromatic carbocycles. The molecule has 11 nitrogen and oxygen atoms in total. The zero-order valence-electron chi connectivity index (χ0n) is 19.2. The van der Waals surface area contributed by atoms with Crippen LogP contribution in [0.4, 0.5) is 0 Å². The van der Waals surface area contributed by atoms with E-state index in [-0.39, 0.29) is 24.2 Å². The smallest absolute Gasteiger partial charge is 0.326 e. The Kier molecular flexibility index (Phi) is 8.06. The van der Waals surface area contributed by atoms with E-state index >= 15 is 0 Å². The molecule has 2 aliphatic heterocycles. The van der Waals surface area contributed by atoms with E-state index in [4.69, 9.17) is 5.73 Å². The highest BCUT2D eigenvalue weighted by Crippen LogP contribution is 2.26. The number of H-pyrrole nitrogens is 1. The second-order valence-corrected chi connectivity index (χ2v) is 9.28. The first kappa shape index (κ1) is 24.7. The van der Waals surface area contributed by atoms with E-state index in [1.54, 1.807) is 6.20 Å². The molecule has 3 heterocycles. The monoisotopic (exact) mass is 462 g/mol. The molecule has 0 bridgehead atoms. The number of carboxylic acid groups (broad SMARTS) is 1. The Bertz CT molecular complexity index is 857. The quantitative estimate of drug-likeness (QED) is 0.397. The molecule has 0 saturated carbocycles. The fraction of sp³-hybridized carbons (Fsp3) is 0.682. The zero-order chi connectivity index (χ0) is 24.1. The van der Waals surface area contributed by atoms with Crippen LogP contribution in [0.3, 0.4) is 0 Å². The van der Waals surface area contributed by atoms with Crippen molar-refractivity contribution in [1.82, 2.24) is 25.1 Å². The van der Waals surface area contributed by atoms with Gasteiger partial charge in [-0.3, -0.25) is 14.4 Å². The van der Waals surface area contributed by atoms with Crippen molar-refractivity contribution >= 4 is 23.7 Å². The van der Waals surface area contributed by atoms with Gasteiger partial charge in [0.2, 0.25) is 17.7 Å². The van der Waals surface area contributed by atoms with Gasteiger partial charge in [-0.15, -0.1) is 0 Å². The summed E-state index contributed by atoms with van der Waals surface area (Å²) in [4.78, 5) is 60.7. The van der Waals surface area contributed by atoms with Crippen molar-refractivity contribution in [1.29, 1.82) is 0 Å². The van der Waals surface area contributed by atoms with E-state index in [0.717, 1.165) is 0 Å². The Balaban J connectivity index is 1.70. The second-order valence-electron chi connectivity index (χ2n) is 9.28. The van der Waals surface area contributed by atoms with Crippen LogP contribution in [0.15, 0.2) is 12.5 Å². The molecule has 11 heteroatoms. The Morgan fingerprint density at radius 1 is 1.18 bits per heavy atom. The third-order valence-corrected chi connectivity index (χ3v) is 6.28. The normalized spacial score (nSPS) is 22.4. The Morgan fingerprint density at radius 3 is 2.45 bits per heavy atom. The number of rotatable bonds is 9. The maximum absolute atomic E-state index is 13.5. The number of nitrogens with two attached hydrogens (primary N) is 1. The third-order valence-electron chi connectivity index (χ3n) is 6.28. The number of hydrogen-bond donors (Lipinski definition) is 4. The van der Waals surface area contributed by atoms with Crippen molar-refractivity contribution in [3.05, 3.63) is 18.2 Å². The highest BCUT2D eigenvalue weighted by atomic mass is 16.4. The molecular formula is C22H34N6O5. The topological polar surface area (TPSA) is 162 Å². The van der Waals surface area contributed by atoms with Gasteiger partial charge in [-0.2, -0.15) is 0 Å². The zero-order valence-corrected chi connectivity index (χ0v) is 19.2. The van der Waals surface area contributed by atoms with Crippen LogP contribution < -0.4 is 11.1 Å². The lowest BCUT2D eigenvalue weighted by molar-refractivity contribution is -0.152. The van der Waals surface area contributed by atoms with Crippen LogP contribution in [0.1, 0.15) is 51.6 Å². The van der Waals surface area contributed by atoms with Gasteiger partial charge in [0.15, 0.2) is 0 Å². The van der Waals surface area contributed by atoms with Crippen LogP contribution in [-0.2, 0) is 25.6 Å². The summed E-state index contributed by atoms with van der Waals surface area (Å²) < 4.78 is 0. The Labute approximate surface area is 193 Å². The highest BCUT2D eigenvalue weighted by Gasteiger charge is 2.43. The molecule has 5 N–H and O–H groups in total. The van der Waals surface area contributed by atoms with Crippen LogP contribution in [0.2, 0.25) is 0 Å². The van der Waals surface area contributed by atoms with Crippen LogP contribution in [0.25, 0.3) is 0 Å². The third kappa shape index (κ3) is 5.89. The van der Waals surface area contributed by atoms with Crippen molar-refractivity contribution in [2.75, 3.05) is 13.1 Å². The van der Waals surface area contributed by atoms with Crippen molar-refractivity contribution in [3.63, 3.8) is 0 Å². The highest BCUT2D eigenvalue weighted by molar-refractivity contribution is 5.94. The van der Waals surface area contributed by atoms with Gasteiger partial charge >= 0.3 is 5.97 Å². The molecular weight excluding hydrogens is 428 g/mol. The summed E-state index contributed by atoms with van der Waals surface area (Å²) in [6.07, 6.45) is 5.97. The molecule has 0 spiro atoms. The molecule has 1 aromatic heterocycles. The van der Waals surface area contributed by atoms with Crippen LogP contribution >= 0.6 is 0 Å². The van der Waals surface area contributed by atoms with Gasteiger partial charge < -0.3 is 30.9 Å². The molecule has 0 unspecified atom stereocenters. The number of carbonyl (C=O) groups is 4. The van der Waals surface area contributed by atoms with Gasteiger partial charge in [0, 0.05) is 25.7 Å². The number of carboxylic acids is 1. The Morgan fingerprint density at radius 2 is 1.85 bits per heavy atom. The molecule has 33 heavy (non-hydrogen) atoms. The molecule has 182 valence electrons. The van der Waals surface area contributed by atoms with Gasteiger partial charge in [-0.05, 0) is 38.0 Å². The molecule has 1 aromatic rings. The summed E-state index contributed by atoms with van der Waals surface area (Å²) >= 11 is 0. The fourth-order valence-electron chi connectivity index (χ4n) is 4.66. The number of hydrogen-bond acceptors (Lipinski definition) is 6. The van der Waals surface area contributed by atoms with Crippen molar-refractivity contribution in [3.8, 4) is 0 Å². The first-order chi connectivity index (χ1) is 15.7. The molecule has 3 rings (SSSR count). The van der Waals surface area contributed by atoms with Crippen molar-refractivity contribution < 1.29 is 24.3 Å². The van der Waals surface area contributed by atoms with E-state index in [1.165, 1.54) is 16.1 Å². The predicted molar refractivity (Wildman–Crippen MR) is 119 cm³/mol. The van der Waals surface area contributed by atoms with E-state index in [0.29, 0.717) is 50.9 Å². The second kappa shape index (κ2) is 10.8. The molecule has 0 aliphatic carbocycles. The van der Waals surface area contributed by atoms with Crippen LogP contribution in [-0.4, -0.2) is 85.8 Å². The number of amides is 3. The number of imidazole rings is 1. The average Bonchev–Trinajstić information content (AvgIpc) is 3.53. The van der Waals surface area contributed by atoms with Gasteiger partial charge in [0.05, 0.1) is 18.1 Å². The lowest BCUT2D eigenvalue weighted by Gasteiger charge is -2.33. The summed E-state index contributed by atoms with van der Waals surface area (Å²) in [5, 5.41) is 12.2. The molecule has 3 amide bonds. The maximum atomic E-state index is 13.5. The minimum atomic E-state index is -1.02. The van der Waals surface area contributed by atoms with Crippen LogP contribution in [0, 0.1) is 5.92 Å². The van der Waals surface area contributed by atoms with Gasteiger partial charge in [-0.25, -0.2) is 9.78 Å². The van der Waals surface area contributed by atoms with Crippen LogP contribution in [0.5, 0.6) is 0 Å². The number of likely N-dealkylation sites (tertiary alicyclic amines) is 2. The lowest BCUT2D eigenvalue weighted by Crippen LogP contribution is -2.57. The SMILES string of the molecule is CC(C)C[C@H](NC(=O)[C@@H](N)Cc1c[nH]cn1)C(=O)N1CCC[C@H]1C(=O)N1CCC[C@H]1C(=O)O. The van der Waals surface area contributed by atoms with Crippen molar-refractivity contribution in [2.45, 2.75) is 76.5 Å². The first-order valence-corrected chi connectivity index (χ1v) is 11.6. The minimum Gasteiger partial charge on any atom is -0.480 e. The summed E-state index contributed by atoms with van der Waals surface area (Å²) in [5.74, 6) is -2.01. The summed E-state index contributed by atoms with van der Waals surface area (Å²) in [7, 11) is 0. The van der Waals surface area contributed by atoms with E-state index in [2.05, 4.69) is 15.3 Å². The van der Waals surface area contributed by atoms with E-state index < -0.39 is 36.0 Å². The molecule has 2 aliphatic rings. The predicted octanol–water partition coefficient (Wildman–Crippen LogP) is -0.123. The van der Waals surface area contributed by atoms with E-state index in [9.17, 15) is 24.3 Å². The summed E-state index contributed by atoms with van der Waals surface area (Å²) in [6, 6.07) is -3.24. The molecule has 0 radical (unpaired) electrons. The van der Waals surface area contributed by atoms with Gasteiger partial charge in [-0.1, -0.05) is 13.8 Å². The summed E-state index contributed by atoms with van der Waals surface area (Å²) in [5.41, 5.74) is 6.68. The Hall–Kier alpha value is -2.95. The molecule has 2 fully saturated rings. The van der Waals surface area contributed by atoms with E-state index in [1.807, 2.05) is 13.8 Å². The number of aromatic nitrogens is 2. The number of carbonyl (C=O) groups excluding carboxylic acids is 3. The average molecular weight is 463 g/mol. The molecule has 4 atom stereocenters. The van der Waals surface area contributed by atoms with Gasteiger partial charge in [0.1, 0.15) is 18.1 Å². The number of nitrogens with zero attached hydrogens (tertiary/aromatic N) is 3. The fourth-order valence-corrected chi connectivity index (χ4v) is 4.66. The van der Waals surface area contributed by atoms with Crippen molar-refractivity contribution in [2.24, 2.45) is 11.7 Å². The standard InChI is InChI=1S/C22H34N6O5/c1-13(2)9-16(26-19(29)15(23)10-14-11-24-12-25-14)20(30)27-7-3-5-17(27)21(31)28-8-4-6-18(28)22(32)33/h11-13,15-18H,3-10,23H2,1-2H3,(H,24,25)(H,26,29)(H,32,33)/t15-,16-,17-,18-/m0/s1. The number of nitrogens with one attached hydrogen (secondary N) is 2. The minimum absolute atomic E-state index is 0.119. The largest absolute Gasteiger partial charge is 0.480 e. The summed E-state index contributed by atoms with van der Waals surface area (Å²) in [6.45, 7) is 4.67. The number of aliphatic carboxylic acids is 1. The number of aromatic amines is 1.